The Hall–Kier alpha value is -2.37. The number of Topliss-reactive ketones (excluding diaryl/α,β-unsaturated/α-hetero) is 1. The molecule has 0 unspecified atom stereocenters. The van der Waals surface area contributed by atoms with E-state index >= 15 is 0 Å². The van der Waals surface area contributed by atoms with Crippen LogP contribution in [-0.2, 0) is 6.42 Å². The number of alkyl halides is 2. The molecule has 2 rings (SSSR count). The molecule has 0 amide bonds. The number of hydrogen-bond donors (Lipinski definition) is 0. The predicted octanol–water partition coefficient (Wildman–Crippen LogP) is 3.99. The van der Waals surface area contributed by atoms with Crippen LogP contribution in [0.3, 0.4) is 0 Å². The maximum Gasteiger partial charge on any atom is 0.387 e. The van der Waals surface area contributed by atoms with E-state index in [1.165, 1.54) is 30.3 Å². The molecule has 0 spiro atoms. The Morgan fingerprint density at radius 1 is 1.00 bits per heavy atom. The monoisotopic (exact) mass is 298 g/mol. The highest BCUT2D eigenvalue weighted by Crippen LogP contribution is 2.17. The van der Waals surface area contributed by atoms with Crippen molar-refractivity contribution in [1.29, 1.82) is 0 Å². The van der Waals surface area contributed by atoms with Crippen LogP contribution in [0.5, 0.6) is 5.75 Å². The van der Waals surface area contributed by atoms with Crippen molar-refractivity contribution in [2.45, 2.75) is 13.0 Å². The van der Waals surface area contributed by atoms with Gasteiger partial charge in [0, 0.05) is 12.0 Å². The molecule has 0 heterocycles. The van der Waals surface area contributed by atoms with Crippen molar-refractivity contribution in [3.63, 3.8) is 0 Å². The molecule has 0 saturated heterocycles. The van der Waals surface area contributed by atoms with E-state index in [9.17, 15) is 22.4 Å². The molecule has 0 aliphatic rings. The fraction of sp³-hybridized carbons (Fsp3) is 0.133. The van der Waals surface area contributed by atoms with Crippen molar-refractivity contribution in [3.8, 4) is 5.75 Å². The van der Waals surface area contributed by atoms with Crippen molar-refractivity contribution in [2.75, 3.05) is 0 Å². The van der Waals surface area contributed by atoms with Gasteiger partial charge in [0.25, 0.3) is 0 Å². The van der Waals surface area contributed by atoms with E-state index in [-0.39, 0.29) is 23.5 Å². The SMILES string of the molecule is O=C(Cc1ccc(F)c(F)c1)c1ccc(OC(F)F)cc1. The van der Waals surface area contributed by atoms with Crippen molar-refractivity contribution in [2.24, 2.45) is 0 Å². The average molecular weight is 298 g/mol. The first-order valence-electron chi connectivity index (χ1n) is 5.97. The number of hydrogen-bond acceptors (Lipinski definition) is 2. The summed E-state index contributed by atoms with van der Waals surface area (Å²) >= 11 is 0. The van der Waals surface area contributed by atoms with E-state index < -0.39 is 18.2 Å². The maximum absolute atomic E-state index is 13.0. The molecule has 21 heavy (non-hydrogen) atoms. The van der Waals surface area contributed by atoms with E-state index in [1.807, 2.05) is 0 Å². The quantitative estimate of drug-likeness (QED) is 0.616. The molecular formula is C15H10F4O2. The summed E-state index contributed by atoms with van der Waals surface area (Å²) in [6.45, 7) is -2.94. The molecule has 6 heteroatoms. The van der Waals surface area contributed by atoms with Gasteiger partial charge in [-0.25, -0.2) is 8.78 Å². The van der Waals surface area contributed by atoms with Gasteiger partial charge in [-0.05, 0) is 42.0 Å². The largest absolute Gasteiger partial charge is 0.435 e. The van der Waals surface area contributed by atoms with Gasteiger partial charge in [0.2, 0.25) is 0 Å². The molecule has 0 fully saturated rings. The Balaban J connectivity index is 2.07. The predicted molar refractivity (Wildman–Crippen MR) is 67.5 cm³/mol. The summed E-state index contributed by atoms with van der Waals surface area (Å²) in [5.41, 5.74) is 0.591. The van der Waals surface area contributed by atoms with E-state index in [4.69, 9.17) is 0 Å². The van der Waals surface area contributed by atoms with Crippen LogP contribution in [0.2, 0.25) is 0 Å². The molecule has 0 aliphatic carbocycles. The van der Waals surface area contributed by atoms with Crippen LogP contribution in [0, 0.1) is 11.6 Å². The van der Waals surface area contributed by atoms with Crippen LogP contribution < -0.4 is 4.74 Å². The van der Waals surface area contributed by atoms with Crippen LogP contribution in [0.4, 0.5) is 17.6 Å². The lowest BCUT2D eigenvalue weighted by Crippen LogP contribution is -2.05. The lowest BCUT2D eigenvalue weighted by Gasteiger charge is -2.06. The molecule has 0 aliphatic heterocycles. The van der Waals surface area contributed by atoms with Gasteiger partial charge in [-0.3, -0.25) is 4.79 Å². The average Bonchev–Trinajstić information content (AvgIpc) is 2.43. The number of ether oxygens (including phenoxy) is 1. The highest BCUT2D eigenvalue weighted by molar-refractivity contribution is 5.97. The molecule has 2 aromatic rings. The Morgan fingerprint density at radius 2 is 1.67 bits per heavy atom. The van der Waals surface area contributed by atoms with E-state index in [1.54, 1.807) is 0 Å². The van der Waals surface area contributed by atoms with Crippen LogP contribution in [0.25, 0.3) is 0 Å². The summed E-state index contributed by atoms with van der Waals surface area (Å²) < 4.78 is 53.9. The first kappa shape index (κ1) is 15.0. The molecule has 0 bridgehead atoms. The zero-order valence-electron chi connectivity index (χ0n) is 10.7. The van der Waals surface area contributed by atoms with Gasteiger partial charge in [0.05, 0.1) is 0 Å². The Bertz CT molecular complexity index is 639. The highest BCUT2D eigenvalue weighted by Gasteiger charge is 2.10. The molecule has 110 valence electrons. The summed E-state index contributed by atoms with van der Waals surface area (Å²) in [6.07, 6.45) is -0.119. The molecule has 2 aromatic carbocycles. The smallest absolute Gasteiger partial charge is 0.387 e. The minimum absolute atomic E-state index is 0.0608. The molecule has 0 radical (unpaired) electrons. The van der Waals surface area contributed by atoms with Gasteiger partial charge < -0.3 is 4.74 Å². The van der Waals surface area contributed by atoms with Crippen LogP contribution in [0.15, 0.2) is 42.5 Å². The second kappa shape index (κ2) is 6.39. The summed E-state index contributed by atoms with van der Waals surface area (Å²) in [5, 5.41) is 0. The summed E-state index contributed by atoms with van der Waals surface area (Å²) in [7, 11) is 0. The third-order valence-corrected chi connectivity index (χ3v) is 2.75. The van der Waals surface area contributed by atoms with Gasteiger partial charge in [0.15, 0.2) is 17.4 Å². The number of benzene rings is 2. The molecule has 0 saturated carbocycles. The van der Waals surface area contributed by atoms with Crippen molar-refractivity contribution in [3.05, 3.63) is 65.2 Å². The zero-order chi connectivity index (χ0) is 15.4. The summed E-state index contributed by atoms with van der Waals surface area (Å²) in [6, 6.07) is 8.35. The van der Waals surface area contributed by atoms with Crippen LogP contribution >= 0.6 is 0 Å². The zero-order valence-corrected chi connectivity index (χ0v) is 10.7. The van der Waals surface area contributed by atoms with Crippen LogP contribution in [0.1, 0.15) is 15.9 Å². The highest BCUT2D eigenvalue weighted by atomic mass is 19.3. The Morgan fingerprint density at radius 3 is 2.24 bits per heavy atom. The van der Waals surface area contributed by atoms with Gasteiger partial charge in [-0.1, -0.05) is 6.07 Å². The molecular weight excluding hydrogens is 288 g/mol. The van der Waals surface area contributed by atoms with Crippen LogP contribution in [-0.4, -0.2) is 12.4 Å². The van der Waals surface area contributed by atoms with Gasteiger partial charge in [0.1, 0.15) is 5.75 Å². The van der Waals surface area contributed by atoms with Gasteiger partial charge in [-0.15, -0.1) is 0 Å². The van der Waals surface area contributed by atoms with Crippen molar-refractivity contribution >= 4 is 5.78 Å². The number of carbonyl (C=O) groups is 1. The van der Waals surface area contributed by atoms with E-state index in [0.717, 1.165) is 12.1 Å². The normalized spacial score (nSPS) is 10.7. The first-order valence-corrected chi connectivity index (χ1v) is 5.97. The molecule has 2 nitrogen and oxygen atoms in total. The minimum Gasteiger partial charge on any atom is -0.435 e. The standard InChI is InChI=1S/C15H10F4O2/c16-12-6-1-9(7-13(12)17)8-14(20)10-2-4-11(5-3-10)21-15(18)19/h1-7,15H,8H2. The number of rotatable bonds is 5. The minimum atomic E-state index is -2.94. The molecule has 0 N–H and O–H groups in total. The van der Waals surface area contributed by atoms with E-state index in [2.05, 4.69) is 4.74 Å². The van der Waals surface area contributed by atoms with Crippen molar-refractivity contribution in [1.82, 2.24) is 0 Å². The number of halogens is 4. The van der Waals surface area contributed by atoms with Crippen molar-refractivity contribution < 1.29 is 27.1 Å². The summed E-state index contributed by atoms with van der Waals surface area (Å²) in [4.78, 5) is 11.9. The second-order valence-corrected chi connectivity index (χ2v) is 4.25. The van der Waals surface area contributed by atoms with Gasteiger partial charge >= 0.3 is 6.61 Å². The lowest BCUT2D eigenvalue weighted by molar-refractivity contribution is -0.0498. The fourth-order valence-electron chi connectivity index (χ4n) is 1.76. The second-order valence-electron chi connectivity index (χ2n) is 4.25. The third kappa shape index (κ3) is 4.05. The fourth-order valence-corrected chi connectivity index (χ4v) is 1.76. The third-order valence-electron chi connectivity index (χ3n) is 2.75. The summed E-state index contributed by atoms with van der Waals surface area (Å²) in [5.74, 6) is -2.42. The number of carbonyl (C=O) groups excluding carboxylic acids is 1. The van der Waals surface area contributed by atoms with Gasteiger partial charge in [-0.2, -0.15) is 8.78 Å². The molecule has 0 aromatic heterocycles. The van der Waals surface area contributed by atoms with E-state index in [0.29, 0.717) is 5.56 Å². The Labute approximate surface area is 118 Å². The molecule has 0 atom stereocenters. The number of ketones is 1. The maximum atomic E-state index is 13.0. The topological polar surface area (TPSA) is 26.3 Å². The first-order chi connectivity index (χ1) is 9.95. The lowest BCUT2D eigenvalue weighted by atomic mass is 10.0. The Kier molecular flexibility index (Phi) is 4.57.